The van der Waals surface area contributed by atoms with E-state index in [9.17, 15) is 9.59 Å². The lowest BCUT2D eigenvalue weighted by Crippen LogP contribution is -2.29. The molecule has 0 bridgehead atoms. The molecule has 0 aromatic carbocycles. The number of hydrogen-bond donors (Lipinski definition) is 2. The Bertz CT molecular complexity index is 267. The van der Waals surface area contributed by atoms with Gasteiger partial charge in [-0.25, -0.2) is 4.79 Å². The normalized spacial score (nSPS) is 27.9. The summed E-state index contributed by atoms with van der Waals surface area (Å²) in [5.74, 6) is -3.08. The molecule has 2 unspecified atom stereocenters. The molecular weight excluding hydrogens is 172 g/mol. The molecule has 0 spiro atoms. The summed E-state index contributed by atoms with van der Waals surface area (Å²) in [6.45, 7) is 1.77. The van der Waals surface area contributed by atoms with Gasteiger partial charge in [-0.05, 0) is 18.8 Å². The first-order valence-electron chi connectivity index (χ1n) is 4.20. The van der Waals surface area contributed by atoms with Gasteiger partial charge >= 0.3 is 11.9 Å². The molecule has 2 atom stereocenters. The minimum Gasteiger partial charge on any atom is -0.481 e. The third-order valence-electron chi connectivity index (χ3n) is 2.40. The SMILES string of the molecule is CC1CCC=C(C(=O)O)C1C(=O)O. The third-order valence-corrected chi connectivity index (χ3v) is 2.40. The molecule has 4 nitrogen and oxygen atoms in total. The van der Waals surface area contributed by atoms with Crippen molar-refractivity contribution in [1.29, 1.82) is 0 Å². The zero-order valence-corrected chi connectivity index (χ0v) is 7.36. The average Bonchev–Trinajstić information content (AvgIpc) is 2.02. The van der Waals surface area contributed by atoms with Crippen molar-refractivity contribution < 1.29 is 19.8 Å². The van der Waals surface area contributed by atoms with E-state index in [2.05, 4.69) is 0 Å². The number of carboxylic acids is 2. The van der Waals surface area contributed by atoms with Gasteiger partial charge in [0.1, 0.15) is 0 Å². The molecule has 0 saturated heterocycles. The fraction of sp³-hybridized carbons (Fsp3) is 0.556. The Morgan fingerprint density at radius 2 is 2.08 bits per heavy atom. The predicted molar refractivity (Wildman–Crippen MR) is 45.2 cm³/mol. The van der Waals surface area contributed by atoms with Crippen LogP contribution >= 0.6 is 0 Å². The van der Waals surface area contributed by atoms with Gasteiger partial charge in [0.25, 0.3) is 0 Å². The summed E-state index contributed by atoms with van der Waals surface area (Å²) < 4.78 is 0. The Morgan fingerprint density at radius 1 is 1.46 bits per heavy atom. The highest BCUT2D eigenvalue weighted by Crippen LogP contribution is 2.30. The number of carbonyl (C=O) groups is 2. The Labute approximate surface area is 75.9 Å². The number of rotatable bonds is 2. The van der Waals surface area contributed by atoms with Crippen molar-refractivity contribution in [2.75, 3.05) is 0 Å². The molecule has 1 rings (SSSR count). The molecule has 1 aliphatic carbocycles. The molecule has 1 aliphatic rings. The first kappa shape index (κ1) is 9.77. The minimum absolute atomic E-state index is 0.0336. The van der Waals surface area contributed by atoms with Crippen LogP contribution in [0, 0.1) is 11.8 Å². The van der Waals surface area contributed by atoms with Crippen LogP contribution in [0.15, 0.2) is 11.6 Å². The molecule has 2 N–H and O–H groups in total. The minimum atomic E-state index is -1.11. The van der Waals surface area contributed by atoms with Crippen LogP contribution in [0.1, 0.15) is 19.8 Å². The van der Waals surface area contributed by atoms with Crippen molar-refractivity contribution in [2.45, 2.75) is 19.8 Å². The Morgan fingerprint density at radius 3 is 2.46 bits per heavy atom. The molecule has 0 amide bonds. The summed E-state index contributed by atoms with van der Waals surface area (Å²) in [7, 11) is 0. The quantitative estimate of drug-likeness (QED) is 0.674. The highest BCUT2D eigenvalue weighted by molar-refractivity contribution is 5.94. The van der Waals surface area contributed by atoms with Gasteiger partial charge in [-0.15, -0.1) is 0 Å². The van der Waals surface area contributed by atoms with Gasteiger partial charge in [0.15, 0.2) is 0 Å². The van der Waals surface area contributed by atoms with Gasteiger partial charge < -0.3 is 10.2 Å². The van der Waals surface area contributed by atoms with Gasteiger partial charge in [0.2, 0.25) is 0 Å². The van der Waals surface area contributed by atoms with Crippen molar-refractivity contribution in [3.8, 4) is 0 Å². The first-order valence-corrected chi connectivity index (χ1v) is 4.20. The molecule has 4 heteroatoms. The number of aliphatic carboxylic acids is 2. The molecule has 13 heavy (non-hydrogen) atoms. The van der Waals surface area contributed by atoms with Crippen LogP contribution in [0.5, 0.6) is 0 Å². The molecule has 72 valence electrons. The standard InChI is InChI=1S/C9H12O4/c1-5-3-2-4-6(8(10)11)7(5)9(12)13/h4-5,7H,2-3H2,1H3,(H,10,11)(H,12,13). The van der Waals surface area contributed by atoms with Crippen molar-refractivity contribution in [3.05, 3.63) is 11.6 Å². The highest BCUT2D eigenvalue weighted by atomic mass is 16.4. The smallest absolute Gasteiger partial charge is 0.332 e. The summed E-state index contributed by atoms with van der Waals surface area (Å²) in [6, 6.07) is 0. The molecule has 0 heterocycles. The molecule has 0 saturated carbocycles. The van der Waals surface area contributed by atoms with Crippen molar-refractivity contribution >= 4 is 11.9 Å². The third kappa shape index (κ3) is 1.88. The fourth-order valence-corrected chi connectivity index (χ4v) is 1.70. The predicted octanol–water partition coefficient (Wildman–Crippen LogP) is 1.13. The van der Waals surface area contributed by atoms with Crippen LogP contribution in [0.4, 0.5) is 0 Å². The van der Waals surface area contributed by atoms with Crippen molar-refractivity contribution in [3.63, 3.8) is 0 Å². The summed E-state index contributed by atoms with van der Waals surface area (Å²) in [5.41, 5.74) is 0.0336. The van der Waals surface area contributed by atoms with Gasteiger partial charge in [-0.2, -0.15) is 0 Å². The maximum Gasteiger partial charge on any atom is 0.332 e. The first-order chi connectivity index (χ1) is 6.04. The summed E-state index contributed by atoms with van der Waals surface area (Å²) in [6.07, 6.45) is 2.92. The Kier molecular flexibility index (Phi) is 2.70. The highest BCUT2D eigenvalue weighted by Gasteiger charge is 2.34. The lowest BCUT2D eigenvalue weighted by atomic mass is 9.79. The number of hydrogen-bond acceptors (Lipinski definition) is 2. The molecular formula is C9H12O4. The van der Waals surface area contributed by atoms with E-state index in [1.54, 1.807) is 6.92 Å². The zero-order valence-electron chi connectivity index (χ0n) is 7.36. The fourth-order valence-electron chi connectivity index (χ4n) is 1.70. The summed E-state index contributed by atoms with van der Waals surface area (Å²) in [5, 5.41) is 17.6. The van der Waals surface area contributed by atoms with Gasteiger partial charge in [-0.3, -0.25) is 4.79 Å². The van der Waals surface area contributed by atoms with Crippen LogP contribution < -0.4 is 0 Å². The van der Waals surface area contributed by atoms with Crippen LogP contribution in [0.2, 0.25) is 0 Å². The second-order valence-electron chi connectivity index (χ2n) is 3.34. The molecule has 0 aliphatic heterocycles. The second kappa shape index (κ2) is 3.60. The van der Waals surface area contributed by atoms with E-state index in [0.29, 0.717) is 6.42 Å². The van der Waals surface area contributed by atoms with E-state index in [1.807, 2.05) is 0 Å². The lowest BCUT2D eigenvalue weighted by molar-refractivity contribution is -0.145. The van der Waals surface area contributed by atoms with Crippen molar-refractivity contribution in [1.82, 2.24) is 0 Å². The largest absolute Gasteiger partial charge is 0.481 e. The topological polar surface area (TPSA) is 74.6 Å². The van der Waals surface area contributed by atoms with E-state index < -0.39 is 17.9 Å². The maximum atomic E-state index is 10.8. The molecule has 0 aromatic heterocycles. The summed E-state index contributed by atoms with van der Waals surface area (Å²) in [4.78, 5) is 21.5. The molecule has 0 radical (unpaired) electrons. The van der Waals surface area contributed by atoms with Gasteiger partial charge in [0, 0.05) is 5.57 Å². The van der Waals surface area contributed by atoms with Gasteiger partial charge in [0.05, 0.1) is 5.92 Å². The monoisotopic (exact) mass is 184 g/mol. The lowest BCUT2D eigenvalue weighted by Gasteiger charge is -2.24. The van der Waals surface area contributed by atoms with Crippen molar-refractivity contribution in [2.24, 2.45) is 11.8 Å². The summed E-state index contributed by atoms with van der Waals surface area (Å²) >= 11 is 0. The average molecular weight is 184 g/mol. The molecule has 0 aromatic rings. The van der Waals surface area contributed by atoms with E-state index in [1.165, 1.54) is 6.08 Å². The maximum absolute atomic E-state index is 10.8. The second-order valence-corrected chi connectivity index (χ2v) is 3.34. The number of carboxylic acid groups (broad SMARTS) is 2. The van der Waals surface area contributed by atoms with Crippen LogP contribution in [0.3, 0.4) is 0 Å². The van der Waals surface area contributed by atoms with E-state index in [0.717, 1.165) is 6.42 Å². The van der Waals surface area contributed by atoms with Crippen LogP contribution in [-0.2, 0) is 9.59 Å². The zero-order chi connectivity index (χ0) is 10.0. The van der Waals surface area contributed by atoms with E-state index in [-0.39, 0.29) is 11.5 Å². The van der Waals surface area contributed by atoms with Crippen LogP contribution in [-0.4, -0.2) is 22.2 Å². The van der Waals surface area contributed by atoms with E-state index in [4.69, 9.17) is 10.2 Å². The Balaban J connectivity index is 2.96. The van der Waals surface area contributed by atoms with Crippen LogP contribution in [0.25, 0.3) is 0 Å². The van der Waals surface area contributed by atoms with Gasteiger partial charge in [-0.1, -0.05) is 13.0 Å². The van der Waals surface area contributed by atoms with E-state index >= 15 is 0 Å². The Hall–Kier alpha value is -1.32. The molecule has 0 fully saturated rings. The number of allylic oxidation sites excluding steroid dienone is 1.